The predicted octanol–water partition coefficient (Wildman–Crippen LogP) is 5.97. The molecule has 3 N–H and O–H groups in total. The van der Waals surface area contributed by atoms with Gasteiger partial charge < -0.3 is 15.8 Å². The number of nitrogens with one attached hydrogen (secondary N) is 1. The van der Waals surface area contributed by atoms with Crippen LogP contribution in [0.25, 0.3) is 17.2 Å². The summed E-state index contributed by atoms with van der Waals surface area (Å²) in [6, 6.07) is 17.7. The minimum absolute atomic E-state index is 0.227. The molecule has 1 aliphatic heterocycles. The van der Waals surface area contributed by atoms with Crippen LogP contribution in [0.1, 0.15) is 51.1 Å². The van der Waals surface area contributed by atoms with Gasteiger partial charge in [0.05, 0.1) is 11.6 Å². The molecule has 4 aromatic rings. The Bertz CT molecular complexity index is 1660. The number of carbonyl (C=O) groups excluding carboxylic acids is 1. The number of anilines is 1. The lowest BCUT2D eigenvalue weighted by Gasteiger charge is -2.32. The van der Waals surface area contributed by atoms with E-state index in [1.807, 2.05) is 63.2 Å². The van der Waals surface area contributed by atoms with Crippen molar-refractivity contribution < 1.29 is 9.53 Å². The summed E-state index contributed by atoms with van der Waals surface area (Å²) in [6.45, 7) is 8.61. The number of hydrogen-bond donors (Lipinski definition) is 2. The van der Waals surface area contributed by atoms with E-state index in [-0.39, 0.29) is 6.04 Å². The van der Waals surface area contributed by atoms with Crippen molar-refractivity contribution in [2.75, 3.05) is 18.4 Å². The maximum Gasteiger partial charge on any atom is 0.248 e. The average Bonchev–Trinajstić information content (AvgIpc) is 2.99. The van der Waals surface area contributed by atoms with Gasteiger partial charge in [0.2, 0.25) is 17.7 Å². The van der Waals surface area contributed by atoms with Gasteiger partial charge in [-0.3, -0.25) is 14.7 Å². The monoisotopic (exact) mass is 573 g/mol. The molecule has 5 rings (SSSR count). The van der Waals surface area contributed by atoms with Gasteiger partial charge in [0.15, 0.2) is 0 Å². The van der Waals surface area contributed by atoms with E-state index in [2.05, 4.69) is 20.2 Å². The quantitative estimate of drug-likeness (QED) is 0.234. The maximum absolute atomic E-state index is 11.4. The first-order valence-electron chi connectivity index (χ1n) is 14.3. The molecule has 1 aliphatic rings. The maximum atomic E-state index is 11.4. The number of carbonyl (C=O) groups is 1. The van der Waals surface area contributed by atoms with E-state index in [0.29, 0.717) is 17.4 Å². The minimum Gasteiger partial charge on any atom is -0.438 e. The SMILES string of the molecule is Cc1cc(-c2cnc(NC3CCN(Cc4ccc(C(N)=O)cc4)CC3)nc2Oc2c(C)cc(C=CC#N)cc2C)ccn1. The van der Waals surface area contributed by atoms with Gasteiger partial charge in [0.1, 0.15) is 5.75 Å². The summed E-state index contributed by atoms with van der Waals surface area (Å²) < 4.78 is 6.52. The number of benzene rings is 2. The van der Waals surface area contributed by atoms with E-state index in [4.69, 9.17) is 20.7 Å². The van der Waals surface area contributed by atoms with Crippen molar-refractivity contribution in [1.29, 1.82) is 5.26 Å². The van der Waals surface area contributed by atoms with Crippen LogP contribution in [-0.2, 0) is 6.54 Å². The second-order valence-electron chi connectivity index (χ2n) is 10.9. The number of ether oxygens (including phenoxy) is 1. The highest BCUT2D eigenvalue weighted by Gasteiger charge is 2.22. The number of rotatable bonds is 9. The van der Waals surface area contributed by atoms with E-state index in [1.165, 1.54) is 6.08 Å². The van der Waals surface area contributed by atoms with Crippen molar-refractivity contribution in [1.82, 2.24) is 19.9 Å². The number of nitriles is 1. The molecule has 0 spiro atoms. The van der Waals surface area contributed by atoms with Crippen molar-refractivity contribution in [3.63, 3.8) is 0 Å². The molecule has 9 nitrogen and oxygen atoms in total. The molecular weight excluding hydrogens is 538 g/mol. The summed E-state index contributed by atoms with van der Waals surface area (Å²) in [7, 11) is 0. The van der Waals surface area contributed by atoms with Crippen LogP contribution in [0.3, 0.4) is 0 Å². The number of allylic oxidation sites excluding steroid dienone is 1. The van der Waals surface area contributed by atoms with Crippen LogP contribution in [0.4, 0.5) is 5.95 Å². The topological polar surface area (TPSA) is 130 Å². The van der Waals surface area contributed by atoms with Gasteiger partial charge in [-0.05, 0) is 104 Å². The average molecular weight is 574 g/mol. The Kier molecular flexibility index (Phi) is 9.08. The molecule has 1 fully saturated rings. The summed E-state index contributed by atoms with van der Waals surface area (Å²) in [4.78, 5) is 27.6. The van der Waals surface area contributed by atoms with E-state index in [1.54, 1.807) is 30.6 Å². The number of amides is 1. The molecule has 0 atom stereocenters. The Morgan fingerprint density at radius 3 is 2.47 bits per heavy atom. The fraction of sp³-hybridized carbons (Fsp3) is 0.265. The van der Waals surface area contributed by atoms with E-state index in [0.717, 1.165) is 77.3 Å². The van der Waals surface area contributed by atoms with Crippen LogP contribution in [0.2, 0.25) is 0 Å². The van der Waals surface area contributed by atoms with Gasteiger partial charge in [-0.15, -0.1) is 0 Å². The number of piperidine rings is 1. The molecule has 0 saturated carbocycles. The second kappa shape index (κ2) is 13.3. The fourth-order valence-electron chi connectivity index (χ4n) is 5.35. The van der Waals surface area contributed by atoms with Gasteiger partial charge in [-0.2, -0.15) is 10.2 Å². The lowest BCUT2D eigenvalue weighted by atomic mass is 10.0. The number of primary amides is 1. The number of nitrogens with two attached hydrogens (primary N) is 1. The van der Waals surface area contributed by atoms with Crippen LogP contribution >= 0.6 is 0 Å². The Hall–Kier alpha value is -5.07. The molecule has 9 heteroatoms. The molecule has 0 unspecified atom stereocenters. The zero-order chi connectivity index (χ0) is 30.3. The third-order valence-corrected chi connectivity index (χ3v) is 7.56. The summed E-state index contributed by atoms with van der Waals surface area (Å²) in [5, 5.41) is 12.4. The molecule has 0 radical (unpaired) electrons. The predicted molar refractivity (Wildman–Crippen MR) is 168 cm³/mol. The van der Waals surface area contributed by atoms with E-state index >= 15 is 0 Å². The smallest absolute Gasteiger partial charge is 0.248 e. The molecule has 2 aromatic carbocycles. The number of hydrogen-bond acceptors (Lipinski definition) is 8. The third kappa shape index (κ3) is 7.42. The Balaban J connectivity index is 1.32. The Morgan fingerprint density at radius 2 is 1.81 bits per heavy atom. The molecule has 218 valence electrons. The molecular formula is C34H35N7O2. The fourth-order valence-corrected chi connectivity index (χ4v) is 5.35. The standard InChI is InChI=1S/C34H35N7O2/c1-22-17-26(5-4-13-35)18-23(2)31(22)43-33-30(28-10-14-37-24(3)19-28)20-38-34(40-33)39-29-11-15-41(16-12-29)21-25-6-8-27(9-7-25)32(36)42/h4-10,14,17-20,29H,11-12,15-16,21H2,1-3H3,(H2,36,42)(H,38,39,40). The van der Waals surface area contributed by atoms with Crippen LogP contribution in [0, 0.1) is 32.1 Å². The molecule has 0 aliphatic carbocycles. The van der Waals surface area contributed by atoms with Crippen molar-refractivity contribution in [2.24, 2.45) is 5.73 Å². The number of likely N-dealkylation sites (tertiary alicyclic amines) is 1. The first-order chi connectivity index (χ1) is 20.8. The first kappa shape index (κ1) is 29.4. The third-order valence-electron chi connectivity index (χ3n) is 7.56. The van der Waals surface area contributed by atoms with Gasteiger partial charge >= 0.3 is 0 Å². The zero-order valence-electron chi connectivity index (χ0n) is 24.7. The summed E-state index contributed by atoms with van der Waals surface area (Å²) in [5.74, 6) is 1.30. The number of aromatic nitrogens is 3. The Morgan fingerprint density at radius 1 is 1.09 bits per heavy atom. The lowest BCUT2D eigenvalue weighted by molar-refractivity contribution is 0.1000. The Labute approximate surface area is 252 Å². The van der Waals surface area contributed by atoms with Crippen molar-refractivity contribution in [3.05, 3.63) is 101 Å². The molecule has 3 heterocycles. The lowest BCUT2D eigenvalue weighted by Crippen LogP contribution is -2.39. The number of pyridine rings is 1. The van der Waals surface area contributed by atoms with Crippen LogP contribution in [0.5, 0.6) is 11.6 Å². The summed E-state index contributed by atoms with van der Waals surface area (Å²) in [5.41, 5.74) is 12.5. The minimum atomic E-state index is -0.411. The van der Waals surface area contributed by atoms with Crippen molar-refractivity contribution in [2.45, 2.75) is 46.2 Å². The van der Waals surface area contributed by atoms with Crippen LogP contribution in [-0.4, -0.2) is 44.9 Å². The molecule has 43 heavy (non-hydrogen) atoms. The van der Waals surface area contributed by atoms with Crippen LogP contribution in [0.15, 0.2) is 67.0 Å². The largest absolute Gasteiger partial charge is 0.438 e. The highest BCUT2D eigenvalue weighted by molar-refractivity contribution is 5.92. The number of aryl methyl sites for hydroxylation is 3. The molecule has 1 amide bonds. The van der Waals surface area contributed by atoms with Gasteiger partial charge in [0, 0.05) is 55.4 Å². The van der Waals surface area contributed by atoms with Gasteiger partial charge in [-0.25, -0.2) is 4.98 Å². The van der Waals surface area contributed by atoms with Gasteiger partial charge in [0.25, 0.3) is 0 Å². The normalized spacial score (nSPS) is 14.0. The first-order valence-corrected chi connectivity index (χ1v) is 14.3. The molecule has 2 aromatic heterocycles. The van der Waals surface area contributed by atoms with Crippen molar-refractivity contribution in [3.8, 4) is 28.8 Å². The zero-order valence-corrected chi connectivity index (χ0v) is 24.7. The number of nitrogens with zero attached hydrogens (tertiary/aromatic N) is 5. The summed E-state index contributed by atoms with van der Waals surface area (Å²) in [6.07, 6.45) is 8.72. The molecule has 0 bridgehead atoms. The summed E-state index contributed by atoms with van der Waals surface area (Å²) >= 11 is 0. The van der Waals surface area contributed by atoms with E-state index in [9.17, 15) is 4.79 Å². The van der Waals surface area contributed by atoms with Crippen LogP contribution < -0.4 is 15.8 Å². The highest BCUT2D eigenvalue weighted by atomic mass is 16.5. The second-order valence-corrected chi connectivity index (χ2v) is 10.9. The van der Waals surface area contributed by atoms with Crippen molar-refractivity contribution >= 4 is 17.9 Å². The van der Waals surface area contributed by atoms with Gasteiger partial charge in [-0.1, -0.05) is 12.1 Å². The van der Waals surface area contributed by atoms with E-state index < -0.39 is 5.91 Å². The highest BCUT2D eigenvalue weighted by Crippen LogP contribution is 2.36. The molecule has 1 saturated heterocycles.